The summed E-state index contributed by atoms with van der Waals surface area (Å²) < 4.78 is 40.4. The molecule has 2 aromatic heterocycles. The first-order valence-corrected chi connectivity index (χ1v) is 13.1. The third-order valence-electron chi connectivity index (χ3n) is 6.51. The van der Waals surface area contributed by atoms with Gasteiger partial charge in [-0.2, -0.15) is 23.5 Å². The lowest BCUT2D eigenvalue weighted by atomic mass is 10.0. The van der Waals surface area contributed by atoms with Gasteiger partial charge in [-0.15, -0.1) is 0 Å². The fourth-order valence-corrected chi connectivity index (χ4v) is 4.48. The maximum absolute atomic E-state index is 13.3. The molecule has 0 fully saturated rings. The van der Waals surface area contributed by atoms with Crippen molar-refractivity contribution in [2.45, 2.75) is 12.6 Å². The predicted octanol–water partition coefficient (Wildman–Crippen LogP) is 6.36. The van der Waals surface area contributed by atoms with Gasteiger partial charge in [-0.05, 0) is 66.4 Å². The van der Waals surface area contributed by atoms with E-state index in [0.29, 0.717) is 35.8 Å². The van der Waals surface area contributed by atoms with E-state index in [1.54, 1.807) is 42.6 Å². The molecule has 0 saturated carbocycles. The molecular weight excluding hydrogens is 569 g/mol. The number of benzene rings is 3. The number of anilines is 1. The number of hydrogen-bond donors (Lipinski definition) is 3. The molecule has 0 aliphatic rings. The Labute approximate surface area is 242 Å². The van der Waals surface area contributed by atoms with Crippen molar-refractivity contribution in [3.63, 3.8) is 0 Å². The van der Waals surface area contributed by atoms with Gasteiger partial charge in [0.25, 0.3) is 5.91 Å². The summed E-state index contributed by atoms with van der Waals surface area (Å²) >= 11 is 6.02. The van der Waals surface area contributed by atoms with E-state index in [4.69, 9.17) is 11.6 Å². The van der Waals surface area contributed by atoms with E-state index in [0.717, 1.165) is 35.2 Å². The summed E-state index contributed by atoms with van der Waals surface area (Å²) in [5.41, 5.74) is 0.624. The normalized spacial score (nSPS) is 11.3. The Morgan fingerprint density at radius 2 is 1.69 bits per heavy atom. The second kappa shape index (κ2) is 11.8. The van der Waals surface area contributed by atoms with Crippen LogP contribution in [0.5, 0.6) is 0 Å². The van der Waals surface area contributed by atoms with E-state index < -0.39 is 17.5 Å². The summed E-state index contributed by atoms with van der Waals surface area (Å²) in [6.45, 7) is 0.626. The highest BCUT2D eigenvalue weighted by Crippen LogP contribution is 2.30. The molecule has 0 bridgehead atoms. The smallest absolute Gasteiger partial charge is 0.369 e. The molecule has 5 aromatic rings. The molecule has 0 aliphatic heterocycles. The third-order valence-corrected chi connectivity index (χ3v) is 6.76. The zero-order valence-corrected chi connectivity index (χ0v) is 22.6. The summed E-state index contributed by atoms with van der Waals surface area (Å²) in [5, 5.41) is 21.8. The van der Waals surface area contributed by atoms with E-state index in [-0.39, 0.29) is 28.5 Å². The second-order valence-electron chi connectivity index (χ2n) is 9.29. The van der Waals surface area contributed by atoms with Crippen LogP contribution in [0.2, 0.25) is 5.02 Å². The van der Waals surface area contributed by atoms with Gasteiger partial charge in [0.05, 0.1) is 11.3 Å². The van der Waals surface area contributed by atoms with Crippen LogP contribution in [0.4, 0.5) is 19.0 Å². The monoisotopic (exact) mass is 590 g/mol. The van der Waals surface area contributed by atoms with Gasteiger partial charge < -0.3 is 15.6 Å². The van der Waals surface area contributed by atoms with Crippen LogP contribution in [0.1, 0.15) is 44.0 Å². The first-order valence-electron chi connectivity index (χ1n) is 12.8. The minimum atomic E-state index is -4.55. The standard InChI is InChI=1S/C30H22ClF3N6O2/c31-22-8-10-23(11-9-22)40-28(37-13-1-14-38-29(42)20-3-2-18-12-15-36-25(18)16-20)24(17-35)26(39-40)27(41)19-4-6-21(7-5-19)30(32,33)34/h2-12,15-16,36-37H,1,13-14H2,(H,38,42). The average molecular weight is 591 g/mol. The molecule has 1 amide bonds. The Hall–Kier alpha value is -5.08. The maximum Gasteiger partial charge on any atom is 0.416 e. The lowest BCUT2D eigenvalue weighted by molar-refractivity contribution is -0.137. The van der Waals surface area contributed by atoms with Crippen LogP contribution in [-0.2, 0) is 6.18 Å². The molecule has 3 N–H and O–H groups in total. The van der Waals surface area contributed by atoms with Crippen LogP contribution in [0, 0.1) is 11.3 Å². The van der Waals surface area contributed by atoms with Gasteiger partial charge in [0.2, 0.25) is 5.78 Å². The van der Waals surface area contributed by atoms with E-state index in [1.807, 2.05) is 18.2 Å². The zero-order chi connectivity index (χ0) is 29.9. The number of H-pyrrole nitrogens is 1. The first-order chi connectivity index (χ1) is 20.2. The fraction of sp³-hybridized carbons (Fsp3) is 0.133. The van der Waals surface area contributed by atoms with Crippen molar-refractivity contribution in [1.82, 2.24) is 20.1 Å². The number of halogens is 4. The molecule has 0 radical (unpaired) electrons. The molecule has 8 nitrogen and oxygen atoms in total. The topological polar surface area (TPSA) is 116 Å². The Morgan fingerprint density at radius 1 is 0.976 bits per heavy atom. The first kappa shape index (κ1) is 28.4. The van der Waals surface area contributed by atoms with Crippen molar-refractivity contribution in [3.8, 4) is 11.8 Å². The highest BCUT2D eigenvalue weighted by Gasteiger charge is 2.31. The van der Waals surface area contributed by atoms with E-state index in [9.17, 15) is 28.0 Å². The number of nitrogens with zero attached hydrogens (tertiary/aromatic N) is 3. The Balaban J connectivity index is 1.33. The summed E-state index contributed by atoms with van der Waals surface area (Å²) in [7, 11) is 0. The highest BCUT2D eigenvalue weighted by atomic mass is 35.5. The minimum Gasteiger partial charge on any atom is -0.369 e. The van der Waals surface area contributed by atoms with Gasteiger partial charge in [-0.1, -0.05) is 29.8 Å². The van der Waals surface area contributed by atoms with Crippen LogP contribution in [0.15, 0.2) is 79.0 Å². The number of hydrogen-bond acceptors (Lipinski definition) is 5. The van der Waals surface area contributed by atoms with Gasteiger partial charge >= 0.3 is 6.18 Å². The lowest BCUT2D eigenvalue weighted by Crippen LogP contribution is -2.26. The Morgan fingerprint density at radius 3 is 2.38 bits per heavy atom. The Kier molecular flexibility index (Phi) is 7.99. The van der Waals surface area contributed by atoms with Gasteiger partial charge in [-0.3, -0.25) is 9.59 Å². The summed E-state index contributed by atoms with van der Waals surface area (Å²) in [5.74, 6) is -0.721. The molecular formula is C30H22ClF3N6O2. The molecule has 212 valence electrons. The van der Waals surface area contributed by atoms with Gasteiger partial charge in [0.1, 0.15) is 17.5 Å². The van der Waals surface area contributed by atoms with E-state index in [2.05, 4.69) is 20.7 Å². The molecule has 0 atom stereocenters. The number of fused-ring (bicyclic) bond motifs is 1. The minimum absolute atomic E-state index is 0.0490. The maximum atomic E-state index is 13.3. The molecule has 0 aliphatic carbocycles. The zero-order valence-electron chi connectivity index (χ0n) is 21.8. The number of rotatable bonds is 9. The fourth-order valence-electron chi connectivity index (χ4n) is 4.35. The number of aromatic nitrogens is 3. The quantitative estimate of drug-likeness (QED) is 0.136. The largest absolute Gasteiger partial charge is 0.416 e. The van der Waals surface area contributed by atoms with Gasteiger partial charge in [0.15, 0.2) is 5.69 Å². The number of aromatic amines is 1. The van der Waals surface area contributed by atoms with Crippen LogP contribution in [0.25, 0.3) is 16.6 Å². The van der Waals surface area contributed by atoms with E-state index >= 15 is 0 Å². The lowest BCUT2D eigenvalue weighted by Gasteiger charge is -2.11. The number of alkyl halides is 3. The molecule has 0 unspecified atom stereocenters. The van der Waals surface area contributed by atoms with Gasteiger partial charge in [-0.25, -0.2) is 4.68 Å². The van der Waals surface area contributed by atoms with Crippen LogP contribution in [-0.4, -0.2) is 39.5 Å². The summed E-state index contributed by atoms with van der Waals surface area (Å²) in [6.07, 6.45) is -2.29. The second-order valence-corrected chi connectivity index (χ2v) is 9.73. The third kappa shape index (κ3) is 5.99. The van der Waals surface area contributed by atoms with E-state index in [1.165, 1.54) is 4.68 Å². The number of ketones is 1. The van der Waals surface area contributed by atoms with Crippen LogP contribution in [0.3, 0.4) is 0 Å². The van der Waals surface area contributed by atoms with Gasteiger partial charge in [0, 0.05) is 41.0 Å². The van der Waals surface area contributed by atoms with Crippen molar-refractivity contribution >= 4 is 40.0 Å². The molecule has 42 heavy (non-hydrogen) atoms. The molecule has 2 heterocycles. The predicted molar refractivity (Wildman–Crippen MR) is 152 cm³/mol. The van der Waals surface area contributed by atoms with Crippen LogP contribution < -0.4 is 10.6 Å². The molecule has 0 spiro atoms. The Bertz CT molecular complexity index is 1800. The number of amides is 1. The number of nitrogens with one attached hydrogen (secondary N) is 3. The van der Waals surface area contributed by atoms with Crippen molar-refractivity contribution < 1.29 is 22.8 Å². The van der Waals surface area contributed by atoms with Crippen molar-refractivity contribution in [3.05, 3.63) is 112 Å². The highest BCUT2D eigenvalue weighted by molar-refractivity contribution is 6.30. The molecule has 12 heteroatoms. The molecule has 0 saturated heterocycles. The van der Waals surface area contributed by atoms with Crippen LogP contribution >= 0.6 is 11.6 Å². The average Bonchev–Trinajstić information content (AvgIpc) is 3.60. The summed E-state index contributed by atoms with van der Waals surface area (Å²) in [6, 6.07) is 19.5. The molecule has 5 rings (SSSR count). The SMILES string of the molecule is N#Cc1c(C(=O)c2ccc(C(F)(F)F)cc2)nn(-c2ccc(Cl)cc2)c1NCCCNC(=O)c1ccc2cc[nH]c2c1. The van der Waals surface area contributed by atoms with Crippen molar-refractivity contribution in [2.24, 2.45) is 0 Å². The number of nitriles is 1. The number of carbonyl (C=O) groups is 2. The summed E-state index contributed by atoms with van der Waals surface area (Å²) in [4.78, 5) is 28.9. The van der Waals surface area contributed by atoms with Crippen molar-refractivity contribution in [2.75, 3.05) is 18.4 Å². The van der Waals surface area contributed by atoms with Crippen molar-refractivity contribution in [1.29, 1.82) is 5.26 Å². The number of carbonyl (C=O) groups excluding carboxylic acids is 2. The molecule has 3 aromatic carbocycles.